The van der Waals surface area contributed by atoms with E-state index >= 15 is 0 Å². The van der Waals surface area contributed by atoms with Gasteiger partial charge in [0.05, 0.1) is 14.2 Å². The number of allylic oxidation sites excluding steroid dienone is 1. The van der Waals surface area contributed by atoms with Crippen molar-refractivity contribution in [2.45, 2.75) is 6.18 Å². The molecule has 2 nitrogen and oxygen atoms in total. The molecule has 23 heavy (non-hydrogen) atoms. The Balaban J connectivity index is 2.59. The van der Waals surface area contributed by atoms with Gasteiger partial charge in [-0.25, -0.2) is 0 Å². The Morgan fingerprint density at radius 2 is 1.48 bits per heavy atom. The molecule has 0 radical (unpaired) electrons. The maximum absolute atomic E-state index is 12.9. The van der Waals surface area contributed by atoms with E-state index in [1.807, 2.05) is 0 Å². The van der Waals surface area contributed by atoms with Crippen molar-refractivity contribution in [1.82, 2.24) is 0 Å². The standard InChI is InChI=1S/C17H14ClF3O2/c1-22-15-8-5-12(9-16(15)23-2)14(10-17(19,20)21)11-3-6-13(18)7-4-11/h3-10H,1-2H3/b14-10-. The molecule has 0 atom stereocenters. The summed E-state index contributed by atoms with van der Waals surface area (Å²) in [6, 6.07) is 10.8. The van der Waals surface area contributed by atoms with Gasteiger partial charge in [0, 0.05) is 11.1 Å². The number of methoxy groups -OCH3 is 2. The van der Waals surface area contributed by atoms with Gasteiger partial charge in [0.15, 0.2) is 11.5 Å². The van der Waals surface area contributed by atoms with Crippen LogP contribution in [0.4, 0.5) is 13.2 Å². The normalized spacial score (nSPS) is 12.2. The number of rotatable bonds is 4. The zero-order valence-corrected chi connectivity index (χ0v) is 13.2. The third kappa shape index (κ3) is 4.42. The summed E-state index contributed by atoms with van der Waals surface area (Å²) in [4.78, 5) is 0. The van der Waals surface area contributed by atoms with E-state index < -0.39 is 6.18 Å². The van der Waals surface area contributed by atoms with Crippen LogP contribution in [0.2, 0.25) is 5.02 Å². The predicted octanol–water partition coefficient (Wildman–Crippen LogP) is 5.35. The Labute approximate surface area is 137 Å². The lowest BCUT2D eigenvalue weighted by molar-refractivity contribution is -0.0793. The number of benzene rings is 2. The van der Waals surface area contributed by atoms with E-state index in [0.717, 1.165) is 0 Å². The maximum atomic E-state index is 12.9. The highest BCUT2D eigenvalue weighted by Gasteiger charge is 2.26. The van der Waals surface area contributed by atoms with Gasteiger partial charge in [-0.1, -0.05) is 29.8 Å². The summed E-state index contributed by atoms with van der Waals surface area (Å²) >= 11 is 5.80. The lowest BCUT2D eigenvalue weighted by atomic mass is 9.97. The lowest BCUT2D eigenvalue weighted by Gasteiger charge is -2.14. The minimum absolute atomic E-state index is 0.0233. The van der Waals surface area contributed by atoms with E-state index in [-0.39, 0.29) is 11.6 Å². The van der Waals surface area contributed by atoms with Crippen molar-refractivity contribution < 1.29 is 22.6 Å². The molecule has 0 aliphatic carbocycles. The number of ether oxygens (including phenoxy) is 2. The zero-order chi connectivity index (χ0) is 17.0. The van der Waals surface area contributed by atoms with Gasteiger partial charge >= 0.3 is 6.18 Å². The van der Waals surface area contributed by atoms with Crippen LogP contribution in [0, 0.1) is 0 Å². The third-order valence-corrected chi connectivity index (χ3v) is 3.41. The van der Waals surface area contributed by atoms with Gasteiger partial charge in [0.1, 0.15) is 0 Å². The number of hydrogen-bond acceptors (Lipinski definition) is 2. The fourth-order valence-corrected chi connectivity index (χ4v) is 2.26. The lowest BCUT2D eigenvalue weighted by Crippen LogP contribution is -2.04. The molecule has 2 rings (SSSR count). The Morgan fingerprint density at radius 3 is 2.00 bits per heavy atom. The highest BCUT2D eigenvalue weighted by molar-refractivity contribution is 6.30. The third-order valence-electron chi connectivity index (χ3n) is 3.16. The highest BCUT2D eigenvalue weighted by atomic mass is 35.5. The van der Waals surface area contributed by atoms with Crippen LogP contribution < -0.4 is 9.47 Å². The molecular weight excluding hydrogens is 329 g/mol. The molecule has 0 heterocycles. The molecule has 0 saturated carbocycles. The van der Waals surface area contributed by atoms with Gasteiger partial charge in [-0.05, 0) is 41.0 Å². The Morgan fingerprint density at radius 1 is 0.913 bits per heavy atom. The molecular formula is C17H14ClF3O2. The first kappa shape index (κ1) is 17.2. The second-order valence-electron chi connectivity index (χ2n) is 4.68. The minimum Gasteiger partial charge on any atom is -0.493 e. The molecule has 0 saturated heterocycles. The van der Waals surface area contributed by atoms with E-state index in [2.05, 4.69) is 0 Å². The summed E-state index contributed by atoms with van der Waals surface area (Å²) in [6.45, 7) is 0. The van der Waals surface area contributed by atoms with Crippen molar-refractivity contribution in [3.63, 3.8) is 0 Å². The molecule has 0 aliphatic heterocycles. The van der Waals surface area contributed by atoms with Crippen LogP contribution in [0.15, 0.2) is 48.5 Å². The predicted molar refractivity (Wildman–Crippen MR) is 84.1 cm³/mol. The van der Waals surface area contributed by atoms with Crippen LogP contribution in [-0.4, -0.2) is 20.4 Å². The van der Waals surface area contributed by atoms with Crippen molar-refractivity contribution in [1.29, 1.82) is 0 Å². The van der Waals surface area contributed by atoms with Crippen LogP contribution in [0.1, 0.15) is 11.1 Å². The fourth-order valence-electron chi connectivity index (χ4n) is 2.13. The van der Waals surface area contributed by atoms with Crippen molar-refractivity contribution in [2.75, 3.05) is 14.2 Å². The van der Waals surface area contributed by atoms with E-state index in [0.29, 0.717) is 27.6 Å². The molecule has 0 spiro atoms. The van der Waals surface area contributed by atoms with Crippen molar-refractivity contribution >= 4 is 17.2 Å². The Kier molecular flexibility index (Phi) is 5.21. The molecule has 0 fully saturated rings. The van der Waals surface area contributed by atoms with Gasteiger partial charge in [0.25, 0.3) is 0 Å². The Hall–Kier alpha value is -2.14. The second-order valence-corrected chi connectivity index (χ2v) is 5.11. The summed E-state index contributed by atoms with van der Waals surface area (Å²) in [5, 5.41) is 0.451. The molecule has 0 bridgehead atoms. The van der Waals surface area contributed by atoms with Crippen LogP contribution >= 0.6 is 11.6 Å². The highest BCUT2D eigenvalue weighted by Crippen LogP contribution is 2.35. The molecule has 6 heteroatoms. The van der Waals surface area contributed by atoms with Crippen LogP contribution in [0.3, 0.4) is 0 Å². The number of hydrogen-bond donors (Lipinski definition) is 0. The average molecular weight is 343 g/mol. The number of halogens is 4. The molecule has 2 aromatic rings. The van der Waals surface area contributed by atoms with Crippen LogP contribution in [0.25, 0.3) is 5.57 Å². The van der Waals surface area contributed by atoms with Crippen molar-refractivity contribution in [3.8, 4) is 11.5 Å². The Bertz CT molecular complexity index is 707. The zero-order valence-electron chi connectivity index (χ0n) is 12.4. The molecule has 2 aromatic carbocycles. The average Bonchev–Trinajstić information content (AvgIpc) is 2.52. The van der Waals surface area contributed by atoms with Gasteiger partial charge in [-0.15, -0.1) is 0 Å². The van der Waals surface area contributed by atoms with Gasteiger partial charge in [-0.3, -0.25) is 0 Å². The summed E-state index contributed by atoms with van der Waals surface area (Å²) < 4.78 is 49.0. The first-order valence-electron chi connectivity index (χ1n) is 6.62. The molecule has 0 aliphatic rings. The summed E-state index contributed by atoms with van der Waals surface area (Å²) in [5.74, 6) is 0.797. The number of alkyl halides is 3. The van der Waals surface area contributed by atoms with Crippen molar-refractivity contribution in [2.24, 2.45) is 0 Å². The molecule has 122 valence electrons. The van der Waals surface area contributed by atoms with Crippen LogP contribution in [-0.2, 0) is 0 Å². The molecule has 0 unspecified atom stereocenters. The van der Waals surface area contributed by atoms with Crippen LogP contribution in [0.5, 0.6) is 11.5 Å². The topological polar surface area (TPSA) is 18.5 Å². The SMILES string of the molecule is COc1ccc(/C(=C\C(F)(F)F)c2ccc(Cl)cc2)cc1OC. The van der Waals surface area contributed by atoms with Gasteiger partial charge in [0.2, 0.25) is 0 Å². The first-order valence-corrected chi connectivity index (χ1v) is 7.00. The molecule has 0 N–H and O–H groups in total. The summed E-state index contributed by atoms with van der Waals surface area (Å²) in [6.07, 6.45) is -4.19. The van der Waals surface area contributed by atoms with Gasteiger partial charge < -0.3 is 9.47 Å². The quantitative estimate of drug-likeness (QED) is 0.745. The maximum Gasteiger partial charge on any atom is 0.410 e. The summed E-state index contributed by atoms with van der Waals surface area (Å²) in [5.41, 5.74) is 0.788. The van der Waals surface area contributed by atoms with E-state index in [9.17, 15) is 13.2 Å². The fraction of sp³-hybridized carbons (Fsp3) is 0.176. The van der Waals surface area contributed by atoms with E-state index in [4.69, 9.17) is 21.1 Å². The monoisotopic (exact) mass is 342 g/mol. The van der Waals surface area contributed by atoms with Crippen molar-refractivity contribution in [3.05, 3.63) is 64.7 Å². The second kappa shape index (κ2) is 6.96. The van der Waals surface area contributed by atoms with Gasteiger partial charge in [-0.2, -0.15) is 13.2 Å². The summed E-state index contributed by atoms with van der Waals surface area (Å²) in [7, 11) is 2.89. The van der Waals surface area contributed by atoms with E-state index in [1.54, 1.807) is 24.3 Å². The largest absolute Gasteiger partial charge is 0.493 e. The smallest absolute Gasteiger partial charge is 0.410 e. The first-order chi connectivity index (χ1) is 10.8. The minimum atomic E-state index is -4.46. The molecule has 0 aromatic heterocycles. The van der Waals surface area contributed by atoms with E-state index in [1.165, 1.54) is 32.4 Å². The molecule has 0 amide bonds.